The Bertz CT molecular complexity index is 1320. The Morgan fingerprint density at radius 2 is 1.60 bits per heavy atom. The summed E-state index contributed by atoms with van der Waals surface area (Å²) in [5.41, 5.74) is 3.44. The van der Waals surface area contributed by atoms with E-state index in [2.05, 4.69) is 15.1 Å². The van der Waals surface area contributed by atoms with E-state index in [1.54, 1.807) is 29.3 Å². The summed E-state index contributed by atoms with van der Waals surface area (Å²) in [5, 5.41) is 4.31. The first-order chi connectivity index (χ1) is 14.5. The molecule has 8 heteroatoms. The minimum atomic E-state index is -4.37. The third-order valence-corrected chi connectivity index (χ3v) is 4.79. The molecule has 5 rings (SSSR count). The molecule has 0 bridgehead atoms. The van der Waals surface area contributed by atoms with Crippen LogP contribution >= 0.6 is 0 Å². The average Bonchev–Trinajstić information content (AvgIpc) is 3.40. The van der Waals surface area contributed by atoms with E-state index in [-0.39, 0.29) is 0 Å². The number of nitrogens with zero attached hydrogens (tertiary/aromatic N) is 5. The molecule has 0 saturated heterocycles. The van der Waals surface area contributed by atoms with Gasteiger partial charge in [-0.3, -0.25) is 0 Å². The van der Waals surface area contributed by atoms with Gasteiger partial charge in [-0.15, -0.1) is 0 Å². The molecule has 0 N–H and O–H groups in total. The first kappa shape index (κ1) is 18.1. The van der Waals surface area contributed by atoms with Crippen LogP contribution in [0.5, 0.6) is 0 Å². The molecule has 5 nitrogen and oxygen atoms in total. The predicted molar refractivity (Wildman–Crippen MR) is 106 cm³/mol. The van der Waals surface area contributed by atoms with Crippen LogP contribution in [-0.2, 0) is 6.18 Å². The summed E-state index contributed by atoms with van der Waals surface area (Å²) < 4.78 is 42.0. The van der Waals surface area contributed by atoms with Crippen molar-refractivity contribution in [2.75, 3.05) is 0 Å². The second kappa shape index (κ2) is 6.84. The molecule has 0 aliphatic carbocycles. The molecule has 148 valence electrons. The number of hydrogen-bond acceptors (Lipinski definition) is 3. The fourth-order valence-electron chi connectivity index (χ4n) is 3.24. The van der Waals surface area contributed by atoms with Crippen molar-refractivity contribution in [3.05, 3.63) is 91.1 Å². The lowest BCUT2D eigenvalue weighted by atomic mass is 10.1. The molecule has 3 aromatic heterocycles. The van der Waals surface area contributed by atoms with Crippen molar-refractivity contribution in [3.8, 4) is 28.2 Å². The molecule has 2 aromatic carbocycles. The van der Waals surface area contributed by atoms with Gasteiger partial charge in [0.25, 0.3) is 0 Å². The van der Waals surface area contributed by atoms with E-state index in [9.17, 15) is 13.2 Å². The molecule has 0 atom stereocenters. The Morgan fingerprint density at radius 3 is 2.33 bits per heavy atom. The summed E-state index contributed by atoms with van der Waals surface area (Å²) in [5.74, 6) is 0. The zero-order valence-corrected chi connectivity index (χ0v) is 15.5. The number of rotatable bonds is 3. The Hall–Kier alpha value is -3.94. The maximum Gasteiger partial charge on any atom is 0.416 e. The molecular formula is C22H14F3N5. The summed E-state index contributed by atoms with van der Waals surface area (Å²) in [6, 6.07) is 16.5. The van der Waals surface area contributed by atoms with E-state index in [0.717, 1.165) is 23.4 Å². The first-order valence-corrected chi connectivity index (χ1v) is 9.11. The van der Waals surface area contributed by atoms with Gasteiger partial charge >= 0.3 is 6.18 Å². The van der Waals surface area contributed by atoms with E-state index in [1.807, 2.05) is 41.1 Å². The van der Waals surface area contributed by atoms with Gasteiger partial charge in [-0.1, -0.05) is 30.3 Å². The maximum atomic E-state index is 12.8. The monoisotopic (exact) mass is 405 g/mol. The fourth-order valence-corrected chi connectivity index (χ4v) is 3.24. The van der Waals surface area contributed by atoms with Gasteiger partial charge < -0.3 is 4.57 Å². The highest BCUT2D eigenvalue weighted by atomic mass is 19.4. The molecule has 0 saturated carbocycles. The van der Waals surface area contributed by atoms with Crippen LogP contribution in [0.25, 0.3) is 33.8 Å². The van der Waals surface area contributed by atoms with Crippen molar-refractivity contribution in [2.24, 2.45) is 0 Å². The Kier molecular flexibility index (Phi) is 4.13. The second-order valence-electron chi connectivity index (χ2n) is 6.72. The van der Waals surface area contributed by atoms with Crippen molar-refractivity contribution in [3.63, 3.8) is 0 Å². The second-order valence-corrected chi connectivity index (χ2v) is 6.72. The number of para-hydroxylation sites is 1. The van der Waals surface area contributed by atoms with Crippen molar-refractivity contribution in [1.82, 2.24) is 24.1 Å². The topological polar surface area (TPSA) is 48.0 Å². The molecule has 0 spiro atoms. The summed E-state index contributed by atoms with van der Waals surface area (Å²) >= 11 is 0. The van der Waals surface area contributed by atoms with Crippen LogP contribution in [0.3, 0.4) is 0 Å². The van der Waals surface area contributed by atoms with Crippen LogP contribution in [-0.4, -0.2) is 24.1 Å². The zero-order chi connectivity index (χ0) is 20.7. The number of benzene rings is 2. The molecule has 0 radical (unpaired) electrons. The molecule has 0 aliphatic heterocycles. The SMILES string of the molecule is FC(F)(F)c1ccc(-c2ccn3ncc(-c4cn(-c5ccccc5)cn4)c3n2)cc1. The third-order valence-electron chi connectivity index (χ3n) is 4.79. The van der Waals surface area contributed by atoms with Crippen molar-refractivity contribution >= 4 is 5.65 Å². The van der Waals surface area contributed by atoms with E-state index in [4.69, 9.17) is 0 Å². The van der Waals surface area contributed by atoms with E-state index in [1.165, 1.54) is 12.1 Å². The predicted octanol–water partition coefficient (Wildman–Crippen LogP) is 5.27. The standard InChI is InChI=1S/C22H14F3N5/c23-22(24,25)16-8-6-15(7-9-16)19-10-11-30-21(28-19)18(12-27-30)20-13-29(14-26-20)17-4-2-1-3-5-17/h1-14H. The van der Waals surface area contributed by atoms with E-state index >= 15 is 0 Å². The molecule has 0 fully saturated rings. The molecule has 3 heterocycles. The normalized spacial score (nSPS) is 11.8. The van der Waals surface area contributed by atoms with Gasteiger partial charge in [-0.05, 0) is 30.3 Å². The maximum absolute atomic E-state index is 12.8. The van der Waals surface area contributed by atoms with Gasteiger partial charge in [-0.25, -0.2) is 14.5 Å². The molecule has 30 heavy (non-hydrogen) atoms. The Morgan fingerprint density at radius 1 is 0.833 bits per heavy atom. The van der Waals surface area contributed by atoms with Crippen LogP contribution < -0.4 is 0 Å². The molecule has 0 amide bonds. The molecular weight excluding hydrogens is 391 g/mol. The van der Waals surface area contributed by atoms with Crippen LogP contribution in [0.15, 0.2) is 85.6 Å². The van der Waals surface area contributed by atoms with Gasteiger partial charge in [0.15, 0.2) is 5.65 Å². The van der Waals surface area contributed by atoms with E-state index < -0.39 is 11.7 Å². The number of aromatic nitrogens is 5. The number of halogens is 3. The van der Waals surface area contributed by atoms with Crippen molar-refractivity contribution in [2.45, 2.75) is 6.18 Å². The lowest BCUT2D eigenvalue weighted by molar-refractivity contribution is -0.137. The number of alkyl halides is 3. The number of hydrogen-bond donors (Lipinski definition) is 0. The lowest BCUT2D eigenvalue weighted by Gasteiger charge is -2.07. The average molecular weight is 405 g/mol. The third kappa shape index (κ3) is 3.22. The van der Waals surface area contributed by atoms with Gasteiger partial charge in [0, 0.05) is 23.6 Å². The highest BCUT2D eigenvalue weighted by molar-refractivity contribution is 5.76. The number of imidazole rings is 1. The van der Waals surface area contributed by atoms with E-state index in [0.29, 0.717) is 22.6 Å². The van der Waals surface area contributed by atoms with Gasteiger partial charge in [0.2, 0.25) is 0 Å². The van der Waals surface area contributed by atoms with Gasteiger partial charge in [0.1, 0.15) is 0 Å². The zero-order valence-electron chi connectivity index (χ0n) is 15.5. The van der Waals surface area contributed by atoms with Crippen LogP contribution in [0, 0.1) is 0 Å². The quantitative estimate of drug-likeness (QED) is 0.411. The Labute approximate surface area is 169 Å². The molecule has 0 unspecified atom stereocenters. The van der Waals surface area contributed by atoms with Crippen molar-refractivity contribution in [1.29, 1.82) is 0 Å². The Balaban J connectivity index is 1.53. The summed E-state index contributed by atoms with van der Waals surface area (Å²) in [6.07, 6.45) is 2.64. The first-order valence-electron chi connectivity index (χ1n) is 9.11. The smallest absolute Gasteiger partial charge is 0.306 e. The van der Waals surface area contributed by atoms with Gasteiger partial charge in [0.05, 0.1) is 35.0 Å². The highest BCUT2D eigenvalue weighted by Crippen LogP contribution is 2.31. The minimum absolute atomic E-state index is 0.556. The summed E-state index contributed by atoms with van der Waals surface area (Å²) in [4.78, 5) is 9.10. The van der Waals surface area contributed by atoms with Crippen LogP contribution in [0.2, 0.25) is 0 Å². The molecule has 5 aromatic rings. The molecule has 0 aliphatic rings. The van der Waals surface area contributed by atoms with Crippen LogP contribution in [0.1, 0.15) is 5.56 Å². The summed E-state index contributed by atoms with van der Waals surface area (Å²) in [6.45, 7) is 0. The number of fused-ring (bicyclic) bond motifs is 1. The largest absolute Gasteiger partial charge is 0.416 e. The highest BCUT2D eigenvalue weighted by Gasteiger charge is 2.30. The lowest BCUT2D eigenvalue weighted by Crippen LogP contribution is -2.04. The fraction of sp³-hybridized carbons (Fsp3) is 0.0455. The summed E-state index contributed by atoms with van der Waals surface area (Å²) in [7, 11) is 0. The van der Waals surface area contributed by atoms with Crippen LogP contribution in [0.4, 0.5) is 13.2 Å². The van der Waals surface area contributed by atoms with Crippen molar-refractivity contribution < 1.29 is 13.2 Å². The van der Waals surface area contributed by atoms with Gasteiger partial charge in [-0.2, -0.15) is 18.3 Å². The minimum Gasteiger partial charge on any atom is -0.306 e.